The minimum Gasteiger partial charge on any atom is -0.279 e. The average Bonchev–Trinajstić information content (AvgIpc) is 3.01. The van der Waals surface area contributed by atoms with Crippen LogP contribution >= 0.6 is 69.6 Å². The molecule has 4 aliphatic carbocycles. The van der Waals surface area contributed by atoms with E-state index in [0.717, 1.165) is 32.1 Å². The van der Waals surface area contributed by atoms with E-state index in [4.69, 9.17) is 69.6 Å². The zero-order valence-electron chi connectivity index (χ0n) is 15.8. The summed E-state index contributed by atoms with van der Waals surface area (Å²) in [5, 5.41) is 0.316. The summed E-state index contributed by atoms with van der Waals surface area (Å²) in [5.41, 5.74) is -0.858. The first-order valence-corrected chi connectivity index (χ1v) is 12.4. The summed E-state index contributed by atoms with van der Waals surface area (Å²) in [6.45, 7) is 1.87. The molecule has 0 spiro atoms. The number of halogens is 6. The van der Waals surface area contributed by atoms with Gasteiger partial charge in [0.15, 0.2) is 4.33 Å². The van der Waals surface area contributed by atoms with Gasteiger partial charge in [-0.2, -0.15) is 0 Å². The van der Waals surface area contributed by atoms with Crippen LogP contribution < -0.4 is 0 Å². The third-order valence-corrected chi connectivity index (χ3v) is 12.7. The summed E-state index contributed by atoms with van der Waals surface area (Å²) in [6.07, 6.45) is 5.71. The van der Waals surface area contributed by atoms with Gasteiger partial charge in [0.25, 0.3) is 0 Å². The maximum Gasteiger partial charge on any atom is 0.236 e. The van der Waals surface area contributed by atoms with Crippen LogP contribution in [-0.4, -0.2) is 36.8 Å². The zero-order valence-corrected chi connectivity index (χ0v) is 20.3. The average molecular weight is 520 g/mol. The molecule has 0 aromatic heterocycles. The smallest absolute Gasteiger partial charge is 0.236 e. The number of allylic oxidation sites excluding steroid dienone is 2. The molecule has 2 amide bonds. The van der Waals surface area contributed by atoms with Crippen LogP contribution in [0.2, 0.25) is 0 Å². The Morgan fingerprint density at radius 2 is 1.45 bits per heavy atom. The van der Waals surface area contributed by atoms with Crippen LogP contribution in [-0.2, 0) is 9.59 Å². The third kappa shape index (κ3) is 2.22. The number of likely N-dealkylation sites (tertiary alicyclic amines) is 1. The van der Waals surface area contributed by atoms with E-state index in [1.165, 1.54) is 0 Å². The van der Waals surface area contributed by atoms with Crippen molar-refractivity contribution in [1.29, 1.82) is 0 Å². The van der Waals surface area contributed by atoms with E-state index in [2.05, 4.69) is 0 Å². The Hall–Kier alpha value is 0.620. The van der Waals surface area contributed by atoms with Gasteiger partial charge in [-0.05, 0) is 44.4 Å². The topological polar surface area (TPSA) is 37.4 Å². The molecule has 6 atom stereocenters. The normalized spacial score (nSPS) is 49.1. The first kappa shape index (κ1) is 21.5. The SMILES string of the molecule is C[C@]12C[C@H]3[C@@H](C[C@H]1C(=O)N(C1CCCCC1)C2=O)[C@@]1(Cl)C(Cl)=C(Cl)[C@]3(Cl)C1(Cl)Cl. The molecule has 0 radical (unpaired) electrons. The van der Waals surface area contributed by atoms with E-state index in [1.807, 2.05) is 6.92 Å². The molecule has 1 heterocycles. The summed E-state index contributed by atoms with van der Waals surface area (Å²) in [7, 11) is 0. The van der Waals surface area contributed by atoms with Gasteiger partial charge in [-0.3, -0.25) is 14.5 Å². The summed E-state index contributed by atoms with van der Waals surface area (Å²) < 4.78 is -1.63. The Balaban J connectivity index is 1.57. The minimum atomic E-state index is -1.63. The molecule has 0 N–H and O–H groups in total. The maximum absolute atomic E-state index is 13.5. The molecule has 0 aromatic rings. The molecule has 5 aliphatic rings. The fourth-order valence-electron chi connectivity index (χ4n) is 6.77. The van der Waals surface area contributed by atoms with E-state index in [-0.39, 0.29) is 39.8 Å². The van der Waals surface area contributed by atoms with Gasteiger partial charge >= 0.3 is 0 Å². The molecule has 3 nitrogen and oxygen atoms in total. The van der Waals surface area contributed by atoms with Crippen molar-refractivity contribution < 1.29 is 9.59 Å². The van der Waals surface area contributed by atoms with Crippen molar-refractivity contribution in [2.75, 3.05) is 0 Å². The van der Waals surface area contributed by atoms with Gasteiger partial charge < -0.3 is 0 Å². The van der Waals surface area contributed by atoms with Crippen molar-refractivity contribution in [2.45, 2.75) is 72.0 Å². The van der Waals surface area contributed by atoms with Crippen LogP contribution in [0.15, 0.2) is 10.1 Å². The number of rotatable bonds is 1. The van der Waals surface area contributed by atoms with E-state index >= 15 is 0 Å². The van der Waals surface area contributed by atoms with Gasteiger partial charge in [0.1, 0.15) is 9.75 Å². The van der Waals surface area contributed by atoms with Gasteiger partial charge in [-0.15, -0.1) is 23.2 Å². The maximum atomic E-state index is 13.5. The van der Waals surface area contributed by atoms with Crippen LogP contribution in [0.5, 0.6) is 0 Å². The number of imide groups is 1. The predicted octanol–water partition coefficient (Wildman–Crippen LogP) is 6.18. The molecule has 29 heavy (non-hydrogen) atoms. The quantitative estimate of drug-likeness (QED) is 0.306. The molecular weight excluding hydrogens is 499 g/mol. The number of nitrogens with zero attached hydrogens (tertiary/aromatic N) is 1. The Morgan fingerprint density at radius 1 is 0.897 bits per heavy atom. The zero-order chi connectivity index (χ0) is 21.1. The lowest BCUT2D eigenvalue weighted by molar-refractivity contribution is -0.145. The molecule has 0 aromatic carbocycles. The monoisotopic (exact) mass is 517 g/mol. The lowest BCUT2D eigenvalue weighted by Crippen LogP contribution is -2.49. The minimum absolute atomic E-state index is 0.0110. The third-order valence-electron chi connectivity index (χ3n) is 8.34. The van der Waals surface area contributed by atoms with Crippen molar-refractivity contribution in [1.82, 2.24) is 4.90 Å². The molecule has 2 bridgehead atoms. The number of amides is 2. The first-order chi connectivity index (χ1) is 13.4. The summed E-state index contributed by atoms with van der Waals surface area (Å²) in [5.74, 6) is -1.37. The Kier molecular flexibility index (Phi) is 4.70. The Labute approximate surface area is 200 Å². The highest BCUT2D eigenvalue weighted by atomic mass is 35.5. The van der Waals surface area contributed by atoms with E-state index in [9.17, 15) is 9.59 Å². The van der Waals surface area contributed by atoms with E-state index < -0.39 is 25.4 Å². The molecule has 0 unspecified atom stereocenters. The number of fused-ring (bicyclic) bond motifs is 6. The number of hydrogen-bond donors (Lipinski definition) is 0. The summed E-state index contributed by atoms with van der Waals surface area (Å²) >= 11 is 40.4. The van der Waals surface area contributed by atoms with Gasteiger partial charge in [0, 0.05) is 6.04 Å². The first-order valence-electron chi connectivity index (χ1n) is 10.1. The van der Waals surface area contributed by atoms with Gasteiger partial charge in [0.2, 0.25) is 11.8 Å². The standard InChI is InChI=1S/C20H21Cl6NO2/c1-17-8-12-10(18(23)13(21)14(22)19(12,24)20(18,25)26)7-11(17)15(28)27(16(17)29)9-5-3-2-4-6-9/h9-12H,2-8H2,1H3/t10-,11+,12+,17+,18-,19+/m1/s1. The summed E-state index contributed by atoms with van der Waals surface area (Å²) in [4.78, 5) is 25.8. The van der Waals surface area contributed by atoms with Crippen LogP contribution in [0.1, 0.15) is 51.9 Å². The second-order valence-electron chi connectivity index (χ2n) is 9.55. The van der Waals surface area contributed by atoms with Gasteiger partial charge in [-0.25, -0.2) is 0 Å². The molecule has 3 saturated carbocycles. The van der Waals surface area contributed by atoms with Gasteiger partial charge in [0.05, 0.1) is 21.4 Å². The van der Waals surface area contributed by atoms with Crippen molar-refractivity contribution in [3.05, 3.63) is 10.1 Å². The Morgan fingerprint density at radius 3 is 2.03 bits per heavy atom. The van der Waals surface area contributed by atoms with Crippen LogP contribution in [0, 0.1) is 23.2 Å². The second kappa shape index (κ2) is 6.35. The molecule has 4 fully saturated rings. The number of hydrogen-bond acceptors (Lipinski definition) is 2. The lowest BCUT2D eigenvalue weighted by atomic mass is 9.58. The highest BCUT2D eigenvalue weighted by Gasteiger charge is 2.84. The van der Waals surface area contributed by atoms with Crippen LogP contribution in [0.3, 0.4) is 0 Å². The molecular formula is C20H21Cl6NO2. The largest absolute Gasteiger partial charge is 0.279 e. The number of carbonyl (C=O) groups is 2. The molecule has 1 aliphatic heterocycles. The van der Waals surface area contributed by atoms with Crippen molar-refractivity contribution in [2.24, 2.45) is 23.2 Å². The van der Waals surface area contributed by atoms with E-state index in [1.54, 1.807) is 4.90 Å². The second-order valence-corrected chi connectivity index (χ2v) is 12.8. The molecule has 1 saturated heterocycles. The van der Waals surface area contributed by atoms with Crippen LogP contribution in [0.25, 0.3) is 0 Å². The van der Waals surface area contributed by atoms with E-state index in [0.29, 0.717) is 12.8 Å². The number of carbonyl (C=O) groups excluding carboxylic acids is 2. The van der Waals surface area contributed by atoms with Crippen molar-refractivity contribution in [3.8, 4) is 0 Å². The fraction of sp³-hybridized carbons (Fsp3) is 0.800. The molecule has 5 rings (SSSR count). The van der Waals surface area contributed by atoms with Crippen LogP contribution in [0.4, 0.5) is 0 Å². The lowest BCUT2D eigenvalue weighted by Gasteiger charge is -2.46. The summed E-state index contributed by atoms with van der Waals surface area (Å²) in [6, 6.07) is -0.0110. The fourth-order valence-corrected chi connectivity index (χ4v) is 9.86. The predicted molar refractivity (Wildman–Crippen MR) is 117 cm³/mol. The van der Waals surface area contributed by atoms with Crippen molar-refractivity contribution in [3.63, 3.8) is 0 Å². The molecule has 9 heteroatoms. The highest BCUT2D eigenvalue weighted by molar-refractivity contribution is 6.65. The van der Waals surface area contributed by atoms with Crippen molar-refractivity contribution >= 4 is 81.4 Å². The molecule has 160 valence electrons. The highest BCUT2D eigenvalue weighted by Crippen LogP contribution is 2.80. The number of alkyl halides is 4. The Bertz CT molecular complexity index is 854. The van der Waals surface area contributed by atoms with Gasteiger partial charge in [-0.1, -0.05) is 65.7 Å².